The molecule has 3 nitrogen and oxygen atoms in total. The lowest BCUT2D eigenvalue weighted by Crippen LogP contribution is -2.49. The number of nitrogens with two attached hydrogens (primary N) is 1. The Hall–Kier alpha value is -0.120. The molecule has 0 aromatic carbocycles. The van der Waals surface area contributed by atoms with Crippen molar-refractivity contribution in [2.24, 2.45) is 23.5 Å². The van der Waals surface area contributed by atoms with Crippen molar-refractivity contribution in [2.75, 3.05) is 13.2 Å². The molecule has 2 N–H and O–H groups in total. The first-order valence-electron chi connectivity index (χ1n) is 7.26. The lowest BCUT2D eigenvalue weighted by atomic mass is 9.72. The van der Waals surface area contributed by atoms with Crippen LogP contribution in [0.4, 0.5) is 0 Å². The highest BCUT2D eigenvalue weighted by atomic mass is 16.5. The molecule has 0 amide bonds. The molecule has 2 aliphatic heterocycles. The van der Waals surface area contributed by atoms with E-state index in [2.05, 4.69) is 34.6 Å². The molecule has 2 fully saturated rings. The molecular weight excluding hydrogens is 226 g/mol. The molecule has 0 radical (unpaired) electrons. The summed E-state index contributed by atoms with van der Waals surface area (Å²) in [5.41, 5.74) is 6.45. The molecule has 2 aliphatic rings. The topological polar surface area (TPSA) is 44.5 Å². The third kappa shape index (κ3) is 2.73. The van der Waals surface area contributed by atoms with Gasteiger partial charge in [-0.05, 0) is 52.4 Å². The van der Waals surface area contributed by atoms with Crippen LogP contribution in [0.25, 0.3) is 0 Å². The standard InChI is InChI=1S/C15H29NO2/c1-10-9-17-7-6-11(10)13(16)12-8-14(2,3)18-15(12,4)5/h10-13H,6-9,16H2,1-5H3. The highest BCUT2D eigenvalue weighted by molar-refractivity contribution is 5.01. The van der Waals surface area contributed by atoms with E-state index in [0.29, 0.717) is 17.8 Å². The van der Waals surface area contributed by atoms with Gasteiger partial charge in [0.15, 0.2) is 0 Å². The van der Waals surface area contributed by atoms with Gasteiger partial charge in [-0.15, -0.1) is 0 Å². The summed E-state index contributed by atoms with van der Waals surface area (Å²) in [5.74, 6) is 1.58. The van der Waals surface area contributed by atoms with Crippen LogP contribution in [0.2, 0.25) is 0 Å². The second-order valence-corrected chi connectivity index (χ2v) is 7.36. The quantitative estimate of drug-likeness (QED) is 0.825. The third-order valence-corrected chi connectivity index (χ3v) is 4.81. The molecule has 0 saturated carbocycles. The Kier molecular flexibility index (Phi) is 3.79. The number of rotatable bonds is 2. The van der Waals surface area contributed by atoms with Crippen LogP contribution in [-0.2, 0) is 9.47 Å². The Morgan fingerprint density at radius 1 is 1.22 bits per heavy atom. The van der Waals surface area contributed by atoms with Crippen LogP contribution in [0.15, 0.2) is 0 Å². The van der Waals surface area contributed by atoms with Crippen molar-refractivity contribution in [1.29, 1.82) is 0 Å². The monoisotopic (exact) mass is 255 g/mol. The normalized spacial score (nSPS) is 40.7. The van der Waals surface area contributed by atoms with Gasteiger partial charge in [0.2, 0.25) is 0 Å². The van der Waals surface area contributed by atoms with Crippen LogP contribution in [0.1, 0.15) is 47.5 Å². The van der Waals surface area contributed by atoms with Crippen molar-refractivity contribution >= 4 is 0 Å². The predicted molar refractivity (Wildman–Crippen MR) is 73.4 cm³/mol. The largest absolute Gasteiger partial charge is 0.381 e. The van der Waals surface area contributed by atoms with Gasteiger partial charge in [-0.1, -0.05) is 6.92 Å². The van der Waals surface area contributed by atoms with Gasteiger partial charge < -0.3 is 15.2 Å². The molecule has 4 unspecified atom stereocenters. The highest BCUT2D eigenvalue weighted by Gasteiger charge is 2.50. The molecule has 2 saturated heterocycles. The molecule has 0 spiro atoms. The summed E-state index contributed by atoms with van der Waals surface area (Å²) in [5, 5.41) is 0. The zero-order chi connectivity index (χ0) is 13.6. The zero-order valence-corrected chi connectivity index (χ0v) is 12.5. The maximum Gasteiger partial charge on any atom is 0.0677 e. The Balaban J connectivity index is 2.10. The molecule has 3 heteroatoms. The van der Waals surface area contributed by atoms with Gasteiger partial charge in [0.1, 0.15) is 0 Å². The van der Waals surface area contributed by atoms with Crippen LogP contribution < -0.4 is 5.73 Å². The Labute approximate surface area is 111 Å². The van der Waals surface area contributed by atoms with Crippen molar-refractivity contribution < 1.29 is 9.47 Å². The summed E-state index contributed by atoms with van der Waals surface area (Å²) in [4.78, 5) is 0. The molecular formula is C15H29NO2. The smallest absolute Gasteiger partial charge is 0.0677 e. The summed E-state index contributed by atoms with van der Waals surface area (Å²) in [7, 11) is 0. The molecule has 2 rings (SSSR count). The number of ether oxygens (including phenoxy) is 2. The van der Waals surface area contributed by atoms with Gasteiger partial charge in [0, 0.05) is 25.2 Å². The molecule has 0 aromatic heterocycles. The fourth-order valence-corrected chi connectivity index (χ4v) is 3.97. The molecule has 18 heavy (non-hydrogen) atoms. The van der Waals surface area contributed by atoms with Crippen LogP contribution in [-0.4, -0.2) is 30.5 Å². The van der Waals surface area contributed by atoms with Crippen molar-refractivity contribution in [2.45, 2.75) is 64.7 Å². The SMILES string of the molecule is CC1COCCC1C(N)C1CC(C)(C)OC1(C)C. The van der Waals surface area contributed by atoms with Gasteiger partial charge in [0.05, 0.1) is 11.2 Å². The molecule has 0 aromatic rings. The van der Waals surface area contributed by atoms with Crippen LogP contribution >= 0.6 is 0 Å². The van der Waals surface area contributed by atoms with Gasteiger partial charge in [0.25, 0.3) is 0 Å². The van der Waals surface area contributed by atoms with E-state index in [0.717, 1.165) is 26.1 Å². The summed E-state index contributed by atoms with van der Waals surface area (Å²) in [6.45, 7) is 12.7. The summed E-state index contributed by atoms with van der Waals surface area (Å²) in [6, 6.07) is 0.223. The van der Waals surface area contributed by atoms with Gasteiger partial charge in [-0.25, -0.2) is 0 Å². The van der Waals surface area contributed by atoms with Crippen molar-refractivity contribution in [1.82, 2.24) is 0 Å². The minimum Gasteiger partial charge on any atom is -0.381 e. The Bertz CT molecular complexity index is 301. The number of hydrogen-bond donors (Lipinski definition) is 1. The minimum absolute atomic E-state index is 0.0415. The molecule has 0 bridgehead atoms. The molecule has 2 heterocycles. The fourth-order valence-electron chi connectivity index (χ4n) is 3.97. The average Bonchev–Trinajstić information content (AvgIpc) is 2.46. The molecule has 0 aliphatic carbocycles. The van der Waals surface area contributed by atoms with Crippen molar-refractivity contribution in [3.63, 3.8) is 0 Å². The first kappa shape index (κ1) is 14.3. The van der Waals surface area contributed by atoms with Gasteiger partial charge in [-0.3, -0.25) is 0 Å². The second kappa shape index (κ2) is 4.77. The van der Waals surface area contributed by atoms with Gasteiger partial charge >= 0.3 is 0 Å². The average molecular weight is 255 g/mol. The van der Waals surface area contributed by atoms with Crippen LogP contribution in [0.5, 0.6) is 0 Å². The third-order valence-electron chi connectivity index (χ3n) is 4.81. The van der Waals surface area contributed by atoms with Crippen LogP contribution in [0.3, 0.4) is 0 Å². The van der Waals surface area contributed by atoms with E-state index in [4.69, 9.17) is 15.2 Å². The number of hydrogen-bond acceptors (Lipinski definition) is 3. The van der Waals surface area contributed by atoms with Crippen molar-refractivity contribution in [3.8, 4) is 0 Å². The van der Waals surface area contributed by atoms with E-state index in [1.807, 2.05) is 0 Å². The Morgan fingerprint density at radius 2 is 1.89 bits per heavy atom. The van der Waals surface area contributed by atoms with E-state index in [1.165, 1.54) is 0 Å². The minimum atomic E-state index is -0.110. The van der Waals surface area contributed by atoms with E-state index in [-0.39, 0.29) is 17.2 Å². The second-order valence-electron chi connectivity index (χ2n) is 7.36. The Morgan fingerprint density at radius 3 is 2.39 bits per heavy atom. The lowest BCUT2D eigenvalue weighted by Gasteiger charge is -2.39. The highest BCUT2D eigenvalue weighted by Crippen LogP contribution is 2.45. The lowest BCUT2D eigenvalue weighted by molar-refractivity contribution is -0.0820. The van der Waals surface area contributed by atoms with E-state index in [1.54, 1.807) is 0 Å². The zero-order valence-electron chi connectivity index (χ0n) is 12.5. The maximum absolute atomic E-state index is 6.61. The maximum atomic E-state index is 6.61. The van der Waals surface area contributed by atoms with Crippen molar-refractivity contribution in [3.05, 3.63) is 0 Å². The molecule has 4 atom stereocenters. The van der Waals surface area contributed by atoms with E-state index < -0.39 is 0 Å². The predicted octanol–water partition coefficient (Wildman–Crippen LogP) is 2.58. The first-order valence-corrected chi connectivity index (χ1v) is 7.26. The van der Waals surface area contributed by atoms with Gasteiger partial charge in [-0.2, -0.15) is 0 Å². The van der Waals surface area contributed by atoms with E-state index >= 15 is 0 Å². The summed E-state index contributed by atoms with van der Waals surface area (Å²) in [6.07, 6.45) is 2.15. The summed E-state index contributed by atoms with van der Waals surface area (Å²) < 4.78 is 11.7. The first-order chi connectivity index (χ1) is 8.23. The summed E-state index contributed by atoms with van der Waals surface area (Å²) >= 11 is 0. The fraction of sp³-hybridized carbons (Fsp3) is 1.00. The van der Waals surface area contributed by atoms with Crippen LogP contribution in [0, 0.1) is 17.8 Å². The van der Waals surface area contributed by atoms with E-state index in [9.17, 15) is 0 Å². The molecule has 106 valence electrons.